The number of alkyl halides is 8. The molecular formula is C6H4F10O6S2. The highest BCUT2D eigenvalue weighted by Crippen LogP contribution is 2.53. The maximum atomic E-state index is 13.6. The first-order valence-electron chi connectivity index (χ1n) is 4.85. The van der Waals surface area contributed by atoms with E-state index in [9.17, 15) is 59.7 Å². The fourth-order valence-electron chi connectivity index (χ4n) is 0.960. The Labute approximate surface area is 126 Å². The number of halogens is 10. The van der Waals surface area contributed by atoms with Gasteiger partial charge in [0.15, 0.2) is 0 Å². The zero-order valence-electron chi connectivity index (χ0n) is 10.4. The van der Waals surface area contributed by atoms with Crippen LogP contribution in [-0.4, -0.2) is 57.2 Å². The van der Waals surface area contributed by atoms with E-state index in [0.717, 1.165) is 0 Å². The second-order valence-corrected chi connectivity index (χ2v) is 6.60. The first-order chi connectivity index (χ1) is 10.2. The third-order valence-corrected chi connectivity index (χ3v) is 3.91. The summed E-state index contributed by atoms with van der Waals surface area (Å²) in [7, 11) is -15.9. The second kappa shape index (κ2) is 6.13. The van der Waals surface area contributed by atoms with Crippen LogP contribution in [0.1, 0.15) is 0 Å². The third kappa shape index (κ3) is 3.54. The Morgan fingerprint density at radius 1 is 0.833 bits per heavy atom. The summed E-state index contributed by atoms with van der Waals surface area (Å²) in [6.07, 6.45) is -10.6. The van der Waals surface area contributed by atoms with Crippen LogP contribution in [0.25, 0.3) is 0 Å². The minimum atomic E-state index is -7.97. The highest BCUT2D eigenvalue weighted by atomic mass is 32.3. The molecule has 0 saturated carbocycles. The van der Waals surface area contributed by atoms with Gasteiger partial charge in [-0.2, -0.15) is 47.6 Å². The summed E-state index contributed by atoms with van der Waals surface area (Å²) >= 11 is 0. The summed E-state index contributed by atoms with van der Waals surface area (Å²) in [6, 6.07) is 0. The lowest BCUT2D eigenvalue weighted by molar-refractivity contribution is -0.417. The average Bonchev–Trinajstić information content (AvgIpc) is 2.33. The molecule has 0 fully saturated rings. The second-order valence-electron chi connectivity index (χ2n) is 3.82. The van der Waals surface area contributed by atoms with Gasteiger partial charge in [-0.1, -0.05) is 7.77 Å². The van der Waals surface area contributed by atoms with Crippen LogP contribution < -0.4 is 0 Å². The molecule has 1 atom stereocenters. The first-order valence-corrected chi connectivity index (χ1v) is 7.61. The van der Waals surface area contributed by atoms with Crippen LogP contribution in [0.4, 0.5) is 42.9 Å². The summed E-state index contributed by atoms with van der Waals surface area (Å²) in [5.74, 6) is -7.47. The molecular weight excluding hydrogens is 422 g/mol. The molecule has 18 heteroatoms. The van der Waals surface area contributed by atoms with Gasteiger partial charge < -0.3 is 5.11 Å². The largest absolute Gasteiger partial charge is 0.439 e. The number of hydrogen-bond donors (Lipinski definition) is 1. The van der Waals surface area contributed by atoms with E-state index in [1.54, 1.807) is 0 Å². The Morgan fingerprint density at radius 3 is 1.33 bits per heavy atom. The van der Waals surface area contributed by atoms with Crippen molar-refractivity contribution in [1.29, 1.82) is 0 Å². The minimum absolute atomic E-state index is 1.89. The van der Waals surface area contributed by atoms with Gasteiger partial charge in [0.05, 0.1) is 6.61 Å². The monoisotopic (exact) mass is 426 g/mol. The molecule has 0 aliphatic heterocycles. The Kier molecular flexibility index (Phi) is 5.91. The molecule has 0 aromatic heterocycles. The van der Waals surface area contributed by atoms with Gasteiger partial charge >= 0.3 is 42.9 Å². The number of rotatable bonds is 8. The number of hydrogen-bond acceptors (Lipinski definition) is 6. The number of aliphatic hydroxyl groups is 1. The van der Waals surface area contributed by atoms with Crippen molar-refractivity contribution in [3.8, 4) is 0 Å². The van der Waals surface area contributed by atoms with Gasteiger partial charge in [-0.15, -0.1) is 0 Å². The lowest BCUT2D eigenvalue weighted by atomic mass is 10.3. The SMILES string of the molecule is O=S(=O)(F)C(F)(F)C(F)(OC(F)(F)C(F)CO)C(F)(F)S(=O)(=O)F. The molecule has 0 saturated heterocycles. The molecule has 0 spiro atoms. The Balaban J connectivity index is 6.69. The van der Waals surface area contributed by atoms with Crippen molar-refractivity contribution in [2.75, 3.05) is 6.61 Å². The van der Waals surface area contributed by atoms with E-state index >= 15 is 0 Å². The lowest BCUT2D eigenvalue weighted by Crippen LogP contribution is -2.66. The van der Waals surface area contributed by atoms with E-state index < -0.39 is 55.7 Å². The molecule has 0 heterocycles. The Morgan fingerprint density at radius 2 is 1.12 bits per heavy atom. The van der Waals surface area contributed by atoms with Gasteiger partial charge in [-0.05, 0) is 0 Å². The van der Waals surface area contributed by atoms with Crippen LogP contribution in [-0.2, 0) is 25.2 Å². The van der Waals surface area contributed by atoms with Gasteiger partial charge in [0.1, 0.15) is 0 Å². The van der Waals surface area contributed by atoms with Crippen molar-refractivity contribution in [2.45, 2.75) is 28.6 Å². The summed E-state index contributed by atoms with van der Waals surface area (Å²) in [5, 5.41) is -6.94. The molecule has 1 unspecified atom stereocenters. The van der Waals surface area contributed by atoms with E-state index in [2.05, 4.69) is 0 Å². The first kappa shape index (κ1) is 23.1. The quantitative estimate of drug-likeness (QED) is 0.465. The van der Waals surface area contributed by atoms with E-state index in [1.165, 1.54) is 0 Å². The molecule has 0 aliphatic carbocycles. The molecule has 1 N–H and O–H groups in total. The maximum absolute atomic E-state index is 13.6. The number of aliphatic hydroxyl groups excluding tert-OH is 1. The van der Waals surface area contributed by atoms with Crippen LogP contribution >= 0.6 is 0 Å². The van der Waals surface area contributed by atoms with Crippen molar-refractivity contribution in [2.24, 2.45) is 0 Å². The van der Waals surface area contributed by atoms with Crippen LogP contribution in [0.5, 0.6) is 0 Å². The van der Waals surface area contributed by atoms with Crippen LogP contribution in [0.2, 0.25) is 0 Å². The molecule has 0 rings (SSSR count). The Hall–Kier alpha value is -0.880. The van der Waals surface area contributed by atoms with Crippen LogP contribution in [0, 0.1) is 0 Å². The van der Waals surface area contributed by atoms with Crippen molar-refractivity contribution in [1.82, 2.24) is 0 Å². The van der Waals surface area contributed by atoms with E-state index in [1.807, 2.05) is 4.74 Å². The summed E-state index contributed by atoms with van der Waals surface area (Å²) in [4.78, 5) is 0. The third-order valence-electron chi connectivity index (χ3n) is 2.16. The minimum Gasteiger partial charge on any atom is -0.393 e. The van der Waals surface area contributed by atoms with Crippen molar-refractivity contribution in [3.63, 3.8) is 0 Å². The summed E-state index contributed by atoms with van der Waals surface area (Å²) in [5.41, 5.74) is 0. The molecule has 0 bridgehead atoms. The van der Waals surface area contributed by atoms with Gasteiger partial charge in [0.2, 0.25) is 6.17 Å². The zero-order valence-corrected chi connectivity index (χ0v) is 12.0. The van der Waals surface area contributed by atoms with E-state index in [-0.39, 0.29) is 0 Å². The Bertz CT molecular complexity index is 628. The van der Waals surface area contributed by atoms with Crippen molar-refractivity contribution in [3.05, 3.63) is 0 Å². The number of ether oxygens (including phenoxy) is 1. The molecule has 0 aromatic carbocycles. The van der Waals surface area contributed by atoms with E-state index in [0.29, 0.717) is 0 Å². The van der Waals surface area contributed by atoms with Crippen LogP contribution in [0.3, 0.4) is 0 Å². The zero-order chi connectivity index (χ0) is 20.0. The van der Waals surface area contributed by atoms with Gasteiger partial charge in [-0.3, -0.25) is 4.74 Å². The lowest BCUT2D eigenvalue weighted by Gasteiger charge is -2.36. The summed E-state index contributed by atoms with van der Waals surface area (Å²) in [6.45, 7) is -2.43. The molecule has 0 amide bonds. The standard InChI is InChI=1S/C6H4F10O6S2/c7-2(1-17)3(8,9)22-4(10,5(11,12)23(15,18)19)6(13,14)24(16,20)21/h2,17H,1H2. The van der Waals surface area contributed by atoms with Crippen LogP contribution in [0.15, 0.2) is 0 Å². The molecule has 6 nitrogen and oxygen atoms in total. The van der Waals surface area contributed by atoms with Crippen molar-refractivity contribution >= 4 is 20.4 Å². The molecule has 0 radical (unpaired) electrons. The average molecular weight is 426 g/mol. The maximum Gasteiger partial charge on any atom is 0.439 e. The smallest absolute Gasteiger partial charge is 0.393 e. The predicted octanol–water partition coefficient (Wildman–Crippen LogP) is 1.38. The van der Waals surface area contributed by atoms with E-state index in [4.69, 9.17) is 5.11 Å². The highest BCUT2D eigenvalue weighted by Gasteiger charge is 2.85. The molecule has 0 aromatic rings. The topological polar surface area (TPSA) is 97.7 Å². The predicted molar refractivity (Wildman–Crippen MR) is 51.8 cm³/mol. The van der Waals surface area contributed by atoms with Gasteiger partial charge in [0.25, 0.3) is 0 Å². The highest BCUT2D eigenvalue weighted by molar-refractivity contribution is 7.88. The molecule has 0 aliphatic rings. The summed E-state index contributed by atoms with van der Waals surface area (Å²) < 4.78 is 171. The van der Waals surface area contributed by atoms with Gasteiger partial charge in [-0.25, -0.2) is 4.39 Å². The normalized spacial score (nSPS) is 17.0. The van der Waals surface area contributed by atoms with Crippen molar-refractivity contribution < 1.29 is 69.6 Å². The fourth-order valence-corrected chi connectivity index (χ4v) is 1.99. The fraction of sp³-hybridized carbons (Fsp3) is 1.00. The molecule has 24 heavy (non-hydrogen) atoms. The van der Waals surface area contributed by atoms with Gasteiger partial charge in [0, 0.05) is 0 Å². The molecule has 146 valence electrons.